The van der Waals surface area contributed by atoms with Gasteiger partial charge in [-0.25, -0.2) is 9.18 Å². The largest absolute Gasteiger partial charge is 0.459 e. The van der Waals surface area contributed by atoms with Gasteiger partial charge in [-0.1, -0.05) is 0 Å². The molecule has 0 bridgehead atoms. The molecule has 110 valence electrons. The predicted molar refractivity (Wildman–Crippen MR) is 74.0 cm³/mol. The van der Waals surface area contributed by atoms with Crippen LogP contribution in [0.5, 0.6) is 0 Å². The fourth-order valence-electron chi connectivity index (χ4n) is 2.48. The highest BCUT2D eigenvalue weighted by Gasteiger charge is 2.27. The lowest BCUT2D eigenvalue weighted by Gasteiger charge is -2.31. The van der Waals surface area contributed by atoms with Crippen molar-refractivity contribution >= 4 is 11.7 Å². The molecule has 0 aliphatic carbocycles. The Morgan fingerprint density at radius 3 is 2.50 bits per heavy atom. The van der Waals surface area contributed by atoms with Gasteiger partial charge in [0, 0.05) is 24.1 Å². The van der Waals surface area contributed by atoms with Crippen molar-refractivity contribution in [2.24, 2.45) is 0 Å². The lowest BCUT2D eigenvalue weighted by molar-refractivity contribution is -0.0855. The zero-order valence-corrected chi connectivity index (χ0v) is 12.0. The zero-order chi connectivity index (χ0) is 14.9. The van der Waals surface area contributed by atoms with Crippen molar-refractivity contribution in [2.75, 3.05) is 5.73 Å². The van der Waals surface area contributed by atoms with Crippen LogP contribution in [-0.4, -0.2) is 24.3 Å². The number of rotatable bonds is 2. The Balaban J connectivity index is 2.08. The van der Waals surface area contributed by atoms with E-state index in [4.69, 9.17) is 15.2 Å². The summed E-state index contributed by atoms with van der Waals surface area (Å²) in [5, 5.41) is 0. The van der Waals surface area contributed by atoms with Crippen LogP contribution in [0.4, 0.5) is 10.1 Å². The van der Waals surface area contributed by atoms with Crippen LogP contribution < -0.4 is 5.73 Å². The zero-order valence-electron chi connectivity index (χ0n) is 12.0. The second kappa shape index (κ2) is 5.79. The number of nitrogens with two attached hydrogens (primary N) is 1. The third kappa shape index (κ3) is 3.28. The number of hydrogen-bond donors (Lipinski definition) is 1. The van der Waals surface area contributed by atoms with E-state index in [2.05, 4.69) is 0 Å². The third-order valence-corrected chi connectivity index (χ3v) is 3.55. The molecule has 0 aromatic heterocycles. The molecular weight excluding hydrogens is 261 g/mol. The molecule has 0 amide bonds. The summed E-state index contributed by atoms with van der Waals surface area (Å²) < 4.78 is 24.6. The summed E-state index contributed by atoms with van der Waals surface area (Å²) in [5.41, 5.74) is 6.42. The van der Waals surface area contributed by atoms with E-state index in [0.717, 1.165) is 0 Å². The van der Waals surface area contributed by atoms with Gasteiger partial charge in [0.2, 0.25) is 0 Å². The Hall–Kier alpha value is -1.62. The summed E-state index contributed by atoms with van der Waals surface area (Å²) in [6.45, 7) is 5.46. The molecule has 5 heteroatoms. The van der Waals surface area contributed by atoms with E-state index in [1.807, 2.05) is 13.8 Å². The Bertz CT molecular complexity index is 485. The van der Waals surface area contributed by atoms with E-state index < -0.39 is 11.8 Å². The monoisotopic (exact) mass is 281 g/mol. The Morgan fingerprint density at radius 2 is 1.95 bits per heavy atom. The predicted octanol–water partition coefficient (Wildman–Crippen LogP) is 2.83. The molecule has 0 radical (unpaired) electrons. The molecule has 1 aliphatic heterocycles. The van der Waals surface area contributed by atoms with E-state index in [9.17, 15) is 9.18 Å². The summed E-state index contributed by atoms with van der Waals surface area (Å²) in [7, 11) is 0. The minimum Gasteiger partial charge on any atom is -0.459 e. The number of halogens is 1. The van der Waals surface area contributed by atoms with Gasteiger partial charge in [0.25, 0.3) is 0 Å². The number of carbonyl (C=O) groups excluding carboxylic acids is 1. The first kappa shape index (κ1) is 14.8. The lowest BCUT2D eigenvalue weighted by atomic mass is 10.0. The number of hydrogen-bond acceptors (Lipinski definition) is 4. The number of nitrogen functional groups attached to an aromatic ring is 1. The van der Waals surface area contributed by atoms with Crippen molar-refractivity contribution in [3.63, 3.8) is 0 Å². The topological polar surface area (TPSA) is 61.6 Å². The van der Waals surface area contributed by atoms with Gasteiger partial charge in [-0.05, 0) is 32.9 Å². The summed E-state index contributed by atoms with van der Waals surface area (Å²) in [5.74, 6) is -1.03. The van der Waals surface area contributed by atoms with Gasteiger partial charge in [-0.2, -0.15) is 0 Å². The molecule has 1 saturated heterocycles. The fourth-order valence-corrected chi connectivity index (χ4v) is 2.48. The fraction of sp³-hybridized carbons (Fsp3) is 0.533. The highest BCUT2D eigenvalue weighted by atomic mass is 19.1. The minimum atomic E-state index is -0.540. The van der Waals surface area contributed by atoms with Crippen molar-refractivity contribution < 1.29 is 18.7 Å². The van der Waals surface area contributed by atoms with E-state index in [1.54, 1.807) is 6.92 Å². The number of benzene rings is 1. The van der Waals surface area contributed by atoms with Crippen LogP contribution in [0.2, 0.25) is 0 Å². The summed E-state index contributed by atoms with van der Waals surface area (Å²) in [6, 6.07) is 2.62. The second-order valence-corrected chi connectivity index (χ2v) is 5.43. The number of esters is 1. The molecular formula is C15H20FNO3. The first-order valence-electron chi connectivity index (χ1n) is 6.79. The first-order valence-corrected chi connectivity index (χ1v) is 6.79. The van der Waals surface area contributed by atoms with Gasteiger partial charge >= 0.3 is 5.97 Å². The molecule has 1 aromatic carbocycles. The molecule has 4 nitrogen and oxygen atoms in total. The smallest absolute Gasteiger partial charge is 0.338 e. The van der Waals surface area contributed by atoms with Gasteiger partial charge in [0.05, 0.1) is 17.8 Å². The van der Waals surface area contributed by atoms with Crippen molar-refractivity contribution in [1.29, 1.82) is 0 Å². The van der Waals surface area contributed by atoms with E-state index >= 15 is 0 Å². The Morgan fingerprint density at radius 1 is 1.35 bits per heavy atom. The Labute approximate surface area is 118 Å². The van der Waals surface area contributed by atoms with Crippen molar-refractivity contribution in [1.82, 2.24) is 0 Å². The Kier molecular flexibility index (Phi) is 4.28. The van der Waals surface area contributed by atoms with Gasteiger partial charge in [0.1, 0.15) is 11.9 Å². The van der Waals surface area contributed by atoms with Crippen molar-refractivity contribution in [3.8, 4) is 0 Å². The second-order valence-electron chi connectivity index (χ2n) is 5.43. The molecule has 0 saturated carbocycles. The van der Waals surface area contributed by atoms with Gasteiger partial charge in [-0.15, -0.1) is 0 Å². The van der Waals surface area contributed by atoms with Crippen LogP contribution in [0.25, 0.3) is 0 Å². The maximum Gasteiger partial charge on any atom is 0.338 e. The highest BCUT2D eigenvalue weighted by Crippen LogP contribution is 2.24. The lowest BCUT2D eigenvalue weighted by Crippen LogP contribution is -2.35. The maximum atomic E-state index is 13.6. The standard InChI is InChI=1S/C15H20FNO3/c1-8-4-12(5-9(2)19-8)20-15(18)11-6-13(16)10(3)14(17)7-11/h6-9,12H,4-5,17H2,1-3H3. The SMILES string of the molecule is Cc1c(N)cc(C(=O)OC2CC(C)OC(C)C2)cc1F. The van der Waals surface area contributed by atoms with Crippen molar-refractivity contribution in [3.05, 3.63) is 29.1 Å². The third-order valence-electron chi connectivity index (χ3n) is 3.55. The molecule has 0 spiro atoms. The van der Waals surface area contributed by atoms with Crippen LogP contribution >= 0.6 is 0 Å². The molecule has 2 unspecified atom stereocenters. The molecule has 1 fully saturated rings. The molecule has 20 heavy (non-hydrogen) atoms. The summed E-state index contributed by atoms with van der Waals surface area (Å²) in [4.78, 5) is 12.1. The molecule has 1 aliphatic rings. The van der Waals surface area contributed by atoms with Gasteiger partial charge < -0.3 is 15.2 Å². The normalized spacial score (nSPS) is 26.3. The maximum absolute atomic E-state index is 13.6. The van der Waals surface area contributed by atoms with Gasteiger partial charge in [0.15, 0.2) is 0 Å². The average molecular weight is 281 g/mol. The van der Waals surface area contributed by atoms with Crippen molar-refractivity contribution in [2.45, 2.75) is 51.9 Å². The highest BCUT2D eigenvalue weighted by molar-refractivity contribution is 5.90. The quantitative estimate of drug-likeness (QED) is 0.669. The first-order chi connectivity index (χ1) is 9.36. The van der Waals surface area contributed by atoms with Crippen LogP contribution in [0, 0.1) is 12.7 Å². The molecule has 1 aromatic rings. The summed E-state index contributed by atoms with van der Waals surface area (Å²) in [6.07, 6.45) is 1.21. The van der Waals surface area contributed by atoms with E-state index in [0.29, 0.717) is 18.4 Å². The van der Waals surface area contributed by atoms with Gasteiger partial charge in [-0.3, -0.25) is 0 Å². The number of anilines is 1. The van der Waals surface area contributed by atoms with E-state index in [1.165, 1.54) is 12.1 Å². The van der Waals surface area contributed by atoms with Crippen LogP contribution in [0.3, 0.4) is 0 Å². The summed E-state index contributed by atoms with van der Waals surface area (Å²) >= 11 is 0. The van der Waals surface area contributed by atoms with E-state index in [-0.39, 0.29) is 29.6 Å². The van der Waals surface area contributed by atoms with Crippen LogP contribution in [0.1, 0.15) is 42.6 Å². The molecule has 1 heterocycles. The molecule has 2 N–H and O–H groups in total. The number of carbonyl (C=O) groups is 1. The molecule has 2 atom stereocenters. The van der Waals surface area contributed by atoms with Crippen LogP contribution in [-0.2, 0) is 9.47 Å². The average Bonchev–Trinajstić information content (AvgIpc) is 2.33. The van der Waals surface area contributed by atoms with Crippen LogP contribution in [0.15, 0.2) is 12.1 Å². The number of ether oxygens (including phenoxy) is 2. The minimum absolute atomic E-state index is 0.0522. The molecule has 2 rings (SSSR count).